The minimum absolute atomic E-state index is 0.00789. The molecular weight excluding hydrogens is 538 g/mol. The van der Waals surface area contributed by atoms with Gasteiger partial charge in [0.15, 0.2) is 0 Å². The number of nitrogens with zero attached hydrogens (tertiary/aromatic N) is 3. The Morgan fingerprint density at radius 3 is 2.41 bits per heavy atom. The Hall–Kier alpha value is -4.99. The molecule has 0 spiro atoms. The number of hydrogen-bond donors (Lipinski definition) is 2. The van der Waals surface area contributed by atoms with E-state index in [4.69, 9.17) is 9.47 Å². The first-order chi connectivity index (χ1) is 18.7. The molecule has 0 aliphatic carbocycles. The van der Waals surface area contributed by atoms with E-state index < -0.39 is 47.4 Å². The van der Waals surface area contributed by atoms with Gasteiger partial charge in [-0.15, -0.1) is 31.6 Å². The molecular formula is C23H23N5O10S. The van der Waals surface area contributed by atoms with Crippen molar-refractivity contribution in [2.45, 2.75) is 12.0 Å². The van der Waals surface area contributed by atoms with E-state index in [1.54, 1.807) is 30.6 Å². The maximum atomic E-state index is 13.3. The van der Waals surface area contributed by atoms with Crippen molar-refractivity contribution in [3.8, 4) is 5.75 Å². The zero-order valence-corrected chi connectivity index (χ0v) is 21.0. The molecule has 0 saturated heterocycles. The highest BCUT2D eigenvalue weighted by molar-refractivity contribution is 7.22. The first-order valence-electron chi connectivity index (χ1n) is 11.2. The fourth-order valence-corrected chi connectivity index (χ4v) is 4.20. The van der Waals surface area contributed by atoms with Crippen LogP contribution in [-0.2, 0) is 19.2 Å². The number of thiophene rings is 1. The Labute approximate surface area is 224 Å². The Kier molecular flexibility index (Phi) is 10.3. The Balaban J connectivity index is 1.75. The van der Waals surface area contributed by atoms with Gasteiger partial charge in [-0.3, -0.25) is 9.78 Å². The van der Waals surface area contributed by atoms with Crippen molar-refractivity contribution in [3.05, 3.63) is 87.2 Å². The lowest BCUT2D eigenvalue weighted by atomic mass is 9.98. The highest BCUT2D eigenvalue weighted by Crippen LogP contribution is 2.30. The number of hydrogen-bond acceptors (Lipinski definition) is 12. The van der Waals surface area contributed by atoms with Gasteiger partial charge in [-0.2, -0.15) is 0 Å². The maximum absolute atomic E-state index is 13.3. The second-order valence-electron chi connectivity index (χ2n) is 7.68. The van der Waals surface area contributed by atoms with Crippen LogP contribution in [0.25, 0.3) is 10.1 Å². The minimum atomic E-state index is -1.17. The smallest absolute Gasteiger partial charge is 0.407 e. The normalized spacial score (nSPS) is 11.3. The van der Waals surface area contributed by atoms with E-state index in [-0.39, 0.29) is 18.9 Å². The summed E-state index contributed by atoms with van der Waals surface area (Å²) in [4.78, 5) is 58.8. The Morgan fingerprint density at radius 1 is 1.10 bits per heavy atom. The molecule has 0 bridgehead atoms. The average Bonchev–Trinajstić information content (AvgIpc) is 3.32. The number of benzene rings is 1. The summed E-state index contributed by atoms with van der Waals surface area (Å²) >= 11 is 1.34. The van der Waals surface area contributed by atoms with Crippen LogP contribution >= 0.6 is 11.3 Å². The summed E-state index contributed by atoms with van der Waals surface area (Å²) in [5.74, 6) is -1.09. The molecule has 0 aliphatic heterocycles. The third-order valence-corrected chi connectivity index (χ3v) is 5.99. The van der Waals surface area contributed by atoms with Crippen LogP contribution in [0.15, 0.2) is 61.4 Å². The van der Waals surface area contributed by atoms with Gasteiger partial charge in [0, 0.05) is 18.9 Å². The first-order valence-corrected chi connectivity index (χ1v) is 12.0. The van der Waals surface area contributed by atoms with Crippen LogP contribution in [0.3, 0.4) is 0 Å². The molecule has 39 heavy (non-hydrogen) atoms. The van der Waals surface area contributed by atoms with Gasteiger partial charge in [0.05, 0.1) is 15.6 Å². The first kappa shape index (κ1) is 28.6. The van der Waals surface area contributed by atoms with E-state index in [1.165, 1.54) is 29.5 Å². The molecule has 0 fully saturated rings. The van der Waals surface area contributed by atoms with E-state index in [0.717, 1.165) is 10.1 Å². The lowest BCUT2D eigenvalue weighted by molar-refractivity contribution is -0.768. The number of carbonyl (C=O) groups excluding carboxylic acids is 2. The molecule has 1 atom stereocenters. The predicted molar refractivity (Wildman–Crippen MR) is 137 cm³/mol. The number of pyridine rings is 1. The fraction of sp³-hybridized carbons (Fsp3) is 0.261. The van der Waals surface area contributed by atoms with Gasteiger partial charge < -0.3 is 29.8 Å². The van der Waals surface area contributed by atoms with Gasteiger partial charge in [-0.25, -0.2) is 4.79 Å². The molecule has 2 aromatic heterocycles. The van der Waals surface area contributed by atoms with E-state index >= 15 is 0 Å². The van der Waals surface area contributed by atoms with E-state index in [1.807, 2.05) is 6.07 Å². The van der Waals surface area contributed by atoms with E-state index in [9.17, 15) is 29.8 Å². The van der Waals surface area contributed by atoms with Gasteiger partial charge >= 0.3 is 6.09 Å². The van der Waals surface area contributed by atoms with Crippen LogP contribution in [-0.4, -0.2) is 59.6 Å². The molecule has 3 aromatic rings. The molecule has 2 heterocycles. The lowest BCUT2D eigenvalue weighted by Crippen LogP contribution is -2.34. The van der Waals surface area contributed by atoms with E-state index in [2.05, 4.69) is 31.9 Å². The molecule has 2 N–H and O–H groups in total. The van der Waals surface area contributed by atoms with Crippen molar-refractivity contribution in [3.63, 3.8) is 0 Å². The number of anilines is 1. The van der Waals surface area contributed by atoms with Crippen molar-refractivity contribution < 1.29 is 38.9 Å². The third kappa shape index (κ3) is 9.12. The van der Waals surface area contributed by atoms with Crippen LogP contribution in [0, 0.1) is 20.2 Å². The SMILES string of the molecule is C=CCOC(=O)NCC(C(=O)Nc1cc2ccncc2s1)c1ccc(OC(CO[N+](=O)[O-])CO[N+](=O)[O-])cc1. The van der Waals surface area contributed by atoms with Crippen LogP contribution in [0.2, 0.25) is 0 Å². The number of carbonyl (C=O) groups is 2. The summed E-state index contributed by atoms with van der Waals surface area (Å²) in [6, 6.07) is 9.63. The largest absolute Gasteiger partial charge is 0.486 e. The number of rotatable bonds is 15. The minimum Gasteiger partial charge on any atom is -0.486 e. The van der Waals surface area contributed by atoms with Gasteiger partial charge in [0.25, 0.3) is 10.2 Å². The number of amides is 2. The van der Waals surface area contributed by atoms with Crippen molar-refractivity contribution >= 4 is 38.4 Å². The van der Waals surface area contributed by atoms with Crippen LogP contribution in [0.4, 0.5) is 9.80 Å². The number of fused-ring (bicyclic) bond motifs is 1. The maximum Gasteiger partial charge on any atom is 0.407 e. The van der Waals surface area contributed by atoms with Gasteiger partial charge in [-0.1, -0.05) is 24.8 Å². The highest BCUT2D eigenvalue weighted by Gasteiger charge is 2.23. The van der Waals surface area contributed by atoms with Crippen LogP contribution in [0.1, 0.15) is 11.5 Å². The van der Waals surface area contributed by atoms with Gasteiger partial charge in [-0.05, 0) is 35.2 Å². The van der Waals surface area contributed by atoms with E-state index in [0.29, 0.717) is 10.6 Å². The lowest BCUT2D eigenvalue weighted by Gasteiger charge is -2.19. The molecule has 1 unspecified atom stereocenters. The molecule has 0 aliphatic rings. The molecule has 15 nitrogen and oxygen atoms in total. The third-order valence-electron chi connectivity index (χ3n) is 4.99. The molecule has 3 rings (SSSR count). The molecule has 2 amide bonds. The molecule has 16 heteroatoms. The Morgan fingerprint density at radius 2 is 1.79 bits per heavy atom. The summed E-state index contributed by atoms with van der Waals surface area (Å²) in [5, 5.41) is 25.8. The quantitative estimate of drug-likeness (QED) is 0.157. The van der Waals surface area contributed by atoms with Crippen LogP contribution < -0.4 is 15.4 Å². The highest BCUT2D eigenvalue weighted by atomic mass is 32.1. The number of nitrogens with one attached hydrogen (secondary N) is 2. The number of ether oxygens (including phenoxy) is 2. The molecule has 0 saturated carbocycles. The summed E-state index contributed by atoms with van der Waals surface area (Å²) in [7, 11) is 0. The monoisotopic (exact) mass is 561 g/mol. The Bertz CT molecular complexity index is 1270. The number of alkyl carbamates (subject to hydrolysis) is 1. The average molecular weight is 562 g/mol. The zero-order valence-electron chi connectivity index (χ0n) is 20.2. The van der Waals surface area contributed by atoms with Crippen LogP contribution in [0.5, 0.6) is 5.75 Å². The second kappa shape index (κ2) is 14.1. The predicted octanol–water partition coefficient (Wildman–Crippen LogP) is 3.09. The molecule has 206 valence electrons. The summed E-state index contributed by atoms with van der Waals surface area (Å²) in [6.45, 7) is 2.12. The summed E-state index contributed by atoms with van der Waals surface area (Å²) < 4.78 is 11.3. The number of aromatic nitrogens is 1. The zero-order chi connectivity index (χ0) is 28.2. The van der Waals surface area contributed by atoms with Crippen molar-refractivity contribution in [1.29, 1.82) is 0 Å². The van der Waals surface area contributed by atoms with Crippen molar-refractivity contribution in [2.24, 2.45) is 0 Å². The second-order valence-corrected chi connectivity index (χ2v) is 8.77. The topological polar surface area (TPSA) is 194 Å². The molecule has 0 radical (unpaired) electrons. The van der Waals surface area contributed by atoms with Gasteiger partial charge in [0.2, 0.25) is 5.91 Å². The van der Waals surface area contributed by atoms with Gasteiger partial charge in [0.1, 0.15) is 31.7 Å². The molecule has 1 aromatic carbocycles. The standard InChI is InChI=1S/C23H23N5O10S/c1-2-9-35-23(30)25-11-19(22(29)26-21-10-16-7-8-24-12-20(16)39-21)15-3-5-17(6-4-15)38-18(13-36-27(31)32)14-37-28(33)34/h2-8,10,12,18-19H,1,9,11,13-14H2,(H,25,30)(H,26,29). The van der Waals surface area contributed by atoms with Crippen molar-refractivity contribution in [2.75, 3.05) is 31.7 Å². The summed E-state index contributed by atoms with van der Waals surface area (Å²) in [6.07, 6.45) is 2.82. The fourth-order valence-electron chi connectivity index (χ4n) is 3.26. The summed E-state index contributed by atoms with van der Waals surface area (Å²) in [5.41, 5.74) is 0.492. The van der Waals surface area contributed by atoms with Crippen molar-refractivity contribution in [1.82, 2.24) is 10.3 Å².